The average molecular weight is 891 g/mol. The van der Waals surface area contributed by atoms with Crippen molar-refractivity contribution in [3.8, 4) is 0 Å². The summed E-state index contributed by atoms with van der Waals surface area (Å²) in [5.41, 5.74) is 4.76. The second kappa shape index (κ2) is 18.1. The smallest absolute Gasteiger partial charge is 0.454 e. The molecule has 14 heteroatoms. The Morgan fingerprint density at radius 3 is 2.24 bits per heavy atom. The summed E-state index contributed by atoms with van der Waals surface area (Å²) >= 11 is 1.05. The van der Waals surface area contributed by atoms with Gasteiger partial charge in [-0.25, -0.2) is 4.98 Å². The molecule has 3 aromatic carbocycles. The Kier molecular flexibility index (Phi) is 13.6. The van der Waals surface area contributed by atoms with Crippen molar-refractivity contribution in [3.63, 3.8) is 0 Å². The number of aromatic nitrogens is 2. The van der Waals surface area contributed by atoms with Crippen LogP contribution in [0.5, 0.6) is 0 Å². The van der Waals surface area contributed by atoms with Gasteiger partial charge in [0.05, 0.1) is 22.5 Å². The van der Waals surface area contributed by atoms with Crippen molar-refractivity contribution in [3.05, 3.63) is 142 Å². The quantitative estimate of drug-likeness (QED) is 0.0893. The zero-order chi connectivity index (χ0) is 37.5. The van der Waals surface area contributed by atoms with Gasteiger partial charge in [-0.15, -0.1) is 11.3 Å². The van der Waals surface area contributed by atoms with E-state index in [1.54, 1.807) is 23.7 Å². The number of carbonyl (C=O) groups excluding carboxylic acids is 2. The van der Waals surface area contributed by atoms with Crippen molar-refractivity contribution in [2.45, 2.75) is 12.3 Å². The van der Waals surface area contributed by atoms with E-state index in [1.165, 1.54) is 6.07 Å². The summed E-state index contributed by atoms with van der Waals surface area (Å²) < 4.78 is 47.9. The second-order valence-corrected chi connectivity index (χ2v) is 13.0. The molecule has 1 aliphatic rings. The zero-order valence-electron chi connectivity index (χ0n) is 28.9. The molecule has 9 nitrogen and oxygen atoms in total. The molecule has 0 saturated heterocycles. The number of halogens is 3. The molecule has 1 amide bonds. The van der Waals surface area contributed by atoms with Crippen LogP contribution >= 0.6 is 11.3 Å². The number of thiophene rings is 1. The maximum absolute atomic E-state index is 13.1. The van der Waals surface area contributed by atoms with Gasteiger partial charge < -0.3 is 24.8 Å². The summed E-state index contributed by atoms with van der Waals surface area (Å²) in [6.07, 6.45) is -3.40. The van der Waals surface area contributed by atoms with E-state index in [1.807, 2.05) is 86.9 Å². The van der Waals surface area contributed by atoms with Gasteiger partial charge in [0.1, 0.15) is 24.2 Å². The molecule has 7 rings (SSSR count). The molecule has 6 aromatic rings. The number of ether oxygens (including phenoxy) is 2. The predicted octanol–water partition coefficient (Wildman–Crippen LogP) is 8.30. The van der Waals surface area contributed by atoms with Crippen molar-refractivity contribution < 1.29 is 86.7 Å². The number of anilines is 1. The van der Waals surface area contributed by atoms with Crippen molar-refractivity contribution >= 4 is 67.8 Å². The van der Waals surface area contributed by atoms with Crippen LogP contribution in [0.4, 0.5) is 18.9 Å². The molecule has 277 valence electrons. The number of aliphatic hydroxyl groups excluding tert-OH is 1. The van der Waals surface area contributed by atoms with Gasteiger partial charge in [-0.1, -0.05) is 60.7 Å². The minimum absolute atomic E-state index is 0. The SMILES string of the molecule is CN(C)c1ccc(C2=C(c3ccccc3)OC(CNC(=O)c3ccc4ccc5cccnc5c4n3)CO2)cc1.O=C(C=C(O)c1cccs1)C(F)(F)F.[Eu]. The number of allylic oxidation sites excluding steroid dienone is 1. The van der Waals surface area contributed by atoms with Crippen LogP contribution < -0.4 is 10.2 Å². The fourth-order valence-electron chi connectivity index (χ4n) is 5.36. The Labute approximate surface area is 353 Å². The van der Waals surface area contributed by atoms with Crippen LogP contribution in [0.3, 0.4) is 0 Å². The fraction of sp³-hybridized carbons (Fsp3) is 0.150. The molecule has 4 heterocycles. The summed E-state index contributed by atoms with van der Waals surface area (Å²) in [6, 6.07) is 32.5. The van der Waals surface area contributed by atoms with E-state index in [-0.39, 0.29) is 78.9 Å². The van der Waals surface area contributed by atoms with Gasteiger partial charge in [0.2, 0.25) is 0 Å². The van der Waals surface area contributed by atoms with E-state index < -0.39 is 17.7 Å². The number of pyridine rings is 2. The van der Waals surface area contributed by atoms with E-state index in [0.29, 0.717) is 29.3 Å². The Morgan fingerprint density at radius 1 is 0.889 bits per heavy atom. The molecule has 0 saturated carbocycles. The molecular formula is C40H33EuF3N4O5S. The van der Waals surface area contributed by atoms with E-state index in [4.69, 9.17) is 14.6 Å². The number of alkyl halides is 3. The number of fused-ring (bicyclic) bond motifs is 3. The molecule has 0 spiro atoms. The summed E-state index contributed by atoms with van der Waals surface area (Å²) in [7, 11) is 4.02. The van der Waals surface area contributed by atoms with Gasteiger partial charge >= 0.3 is 6.18 Å². The third-order valence-electron chi connectivity index (χ3n) is 8.06. The number of amides is 1. The molecule has 0 aliphatic carbocycles. The first-order valence-electron chi connectivity index (χ1n) is 16.3. The number of hydrogen-bond acceptors (Lipinski definition) is 9. The predicted molar refractivity (Wildman–Crippen MR) is 200 cm³/mol. The largest absolute Gasteiger partial charge is 0.506 e. The summed E-state index contributed by atoms with van der Waals surface area (Å²) in [4.78, 5) is 34.9. The molecule has 1 unspecified atom stereocenters. The molecule has 1 aliphatic heterocycles. The molecular weight excluding hydrogens is 857 g/mol. The Balaban J connectivity index is 0.000000317. The average Bonchev–Trinajstić information content (AvgIpc) is 3.73. The Morgan fingerprint density at radius 2 is 1.57 bits per heavy atom. The number of carbonyl (C=O) groups is 2. The third kappa shape index (κ3) is 9.91. The second-order valence-electron chi connectivity index (χ2n) is 12.0. The maximum Gasteiger partial charge on any atom is 0.454 e. The fourth-order valence-corrected chi connectivity index (χ4v) is 6.00. The zero-order valence-corrected chi connectivity index (χ0v) is 32.1. The molecule has 3 aromatic heterocycles. The van der Waals surface area contributed by atoms with E-state index in [2.05, 4.69) is 32.3 Å². The van der Waals surface area contributed by atoms with Gasteiger partial charge in [-0.05, 0) is 47.8 Å². The van der Waals surface area contributed by atoms with Crippen LogP contribution in [0.2, 0.25) is 0 Å². The first-order chi connectivity index (χ1) is 25.5. The molecule has 1 atom stereocenters. The summed E-state index contributed by atoms with van der Waals surface area (Å²) in [5.74, 6) is -1.67. The van der Waals surface area contributed by atoms with Crippen LogP contribution in [0.15, 0.2) is 121 Å². The number of nitrogens with one attached hydrogen (secondary N) is 1. The molecule has 2 N–H and O–H groups in total. The molecule has 54 heavy (non-hydrogen) atoms. The van der Waals surface area contributed by atoms with Crippen molar-refractivity contribution in [1.29, 1.82) is 0 Å². The Hall–Kier alpha value is -4.63. The first kappa shape index (κ1) is 40.6. The number of aliphatic hydroxyl groups is 1. The Bertz CT molecular complexity index is 2300. The van der Waals surface area contributed by atoms with Crippen molar-refractivity contribution in [2.24, 2.45) is 0 Å². The number of rotatable bonds is 8. The molecule has 1 radical (unpaired) electrons. The minimum Gasteiger partial charge on any atom is -0.506 e. The van der Waals surface area contributed by atoms with Gasteiger partial charge in [0.15, 0.2) is 11.5 Å². The van der Waals surface area contributed by atoms with Crippen molar-refractivity contribution in [2.75, 3.05) is 32.1 Å². The monoisotopic (exact) mass is 891 g/mol. The standard InChI is InChI=1S/C32H28N4O3.C8H5F3O2S.Eu/c1-36(2)25-15-12-24(13-16-25)30-31(23-7-4-3-5-8-23)39-26(20-38-30)19-34-32(37)27-17-14-22-11-10-21-9-6-18-33-28(21)29(22)35-27;9-8(10,11)7(13)4-5(12)6-2-1-3-14-6;/h3-18,26H,19-20H2,1-2H3,(H,34,37);1-4,12H;. The van der Waals surface area contributed by atoms with Gasteiger partial charge in [-0.3, -0.25) is 14.6 Å². The van der Waals surface area contributed by atoms with Crippen molar-refractivity contribution in [1.82, 2.24) is 15.3 Å². The van der Waals surface area contributed by atoms with Crippen LogP contribution in [0.1, 0.15) is 26.5 Å². The van der Waals surface area contributed by atoms with Gasteiger partial charge in [0, 0.05) is 103 Å². The number of hydrogen-bond donors (Lipinski definition) is 2. The van der Waals surface area contributed by atoms with Crippen LogP contribution in [-0.2, 0) is 14.3 Å². The molecule has 0 fully saturated rings. The summed E-state index contributed by atoms with van der Waals surface area (Å²) in [6.45, 7) is 0.580. The molecule has 0 bridgehead atoms. The topological polar surface area (TPSA) is 114 Å². The van der Waals surface area contributed by atoms with E-state index in [0.717, 1.165) is 44.4 Å². The van der Waals surface area contributed by atoms with Gasteiger partial charge in [-0.2, -0.15) is 13.2 Å². The first-order valence-corrected chi connectivity index (χ1v) is 17.2. The number of benzene rings is 3. The van der Waals surface area contributed by atoms with Crippen LogP contribution in [0, 0.1) is 49.4 Å². The van der Waals surface area contributed by atoms with E-state index >= 15 is 0 Å². The minimum atomic E-state index is -4.94. The normalized spacial score (nSPS) is 14.2. The van der Waals surface area contributed by atoms with Gasteiger partial charge in [0.25, 0.3) is 11.7 Å². The van der Waals surface area contributed by atoms with E-state index in [9.17, 15) is 22.8 Å². The van der Waals surface area contributed by atoms with Crippen LogP contribution in [-0.4, -0.2) is 66.3 Å². The number of ketones is 1. The third-order valence-corrected chi connectivity index (χ3v) is 8.95. The number of nitrogens with zero attached hydrogens (tertiary/aromatic N) is 3. The summed E-state index contributed by atoms with van der Waals surface area (Å²) in [5, 5.41) is 15.6. The maximum atomic E-state index is 13.1. The van der Waals surface area contributed by atoms with Crippen LogP contribution in [0.25, 0.3) is 39.1 Å².